The van der Waals surface area contributed by atoms with Gasteiger partial charge in [-0.2, -0.15) is 0 Å². The Kier molecular flexibility index (Phi) is 4.40. The first-order valence-electron chi connectivity index (χ1n) is 7.22. The molecule has 23 heavy (non-hydrogen) atoms. The summed E-state index contributed by atoms with van der Waals surface area (Å²) in [7, 11) is 0. The molecular weight excluding hydrogens is 308 g/mol. The van der Waals surface area contributed by atoms with Crippen LogP contribution in [0.1, 0.15) is 16.1 Å². The Balaban J connectivity index is 1.84. The SMILES string of the molecule is Cc1ccc(NC(=O)c2cc(-c3cccc(Cl)c3)ccn2)cc1. The minimum Gasteiger partial charge on any atom is -0.321 e. The smallest absolute Gasteiger partial charge is 0.274 e. The van der Waals surface area contributed by atoms with Crippen LogP contribution in [0.4, 0.5) is 5.69 Å². The fraction of sp³-hybridized carbons (Fsp3) is 0.0526. The summed E-state index contributed by atoms with van der Waals surface area (Å²) in [6, 6.07) is 18.8. The number of rotatable bonds is 3. The summed E-state index contributed by atoms with van der Waals surface area (Å²) < 4.78 is 0. The summed E-state index contributed by atoms with van der Waals surface area (Å²) in [6.45, 7) is 2.00. The van der Waals surface area contributed by atoms with Crippen LogP contribution in [0.3, 0.4) is 0 Å². The zero-order valence-electron chi connectivity index (χ0n) is 12.6. The number of amides is 1. The van der Waals surface area contributed by atoms with Crippen molar-refractivity contribution < 1.29 is 4.79 Å². The molecule has 1 aromatic heterocycles. The van der Waals surface area contributed by atoms with Crippen molar-refractivity contribution in [2.75, 3.05) is 5.32 Å². The predicted molar refractivity (Wildman–Crippen MR) is 93.8 cm³/mol. The lowest BCUT2D eigenvalue weighted by atomic mass is 10.1. The number of carbonyl (C=O) groups is 1. The molecule has 0 bridgehead atoms. The van der Waals surface area contributed by atoms with Crippen LogP contribution in [0, 0.1) is 6.92 Å². The van der Waals surface area contributed by atoms with E-state index in [0.717, 1.165) is 22.4 Å². The molecule has 3 rings (SSSR count). The molecule has 0 spiro atoms. The van der Waals surface area contributed by atoms with Crippen molar-refractivity contribution in [3.05, 3.63) is 83.1 Å². The molecule has 0 saturated carbocycles. The maximum Gasteiger partial charge on any atom is 0.274 e. The van der Waals surface area contributed by atoms with Gasteiger partial charge in [0.15, 0.2) is 0 Å². The van der Waals surface area contributed by atoms with Gasteiger partial charge in [-0.1, -0.05) is 41.4 Å². The number of hydrogen-bond acceptors (Lipinski definition) is 2. The maximum absolute atomic E-state index is 12.3. The number of hydrogen-bond donors (Lipinski definition) is 1. The van der Waals surface area contributed by atoms with Gasteiger partial charge in [-0.05, 0) is 54.4 Å². The van der Waals surface area contributed by atoms with Gasteiger partial charge in [-0.3, -0.25) is 9.78 Å². The van der Waals surface area contributed by atoms with Crippen LogP contribution in [-0.4, -0.2) is 10.9 Å². The molecule has 0 saturated heterocycles. The van der Waals surface area contributed by atoms with Gasteiger partial charge in [-0.25, -0.2) is 0 Å². The van der Waals surface area contributed by atoms with E-state index in [1.54, 1.807) is 12.3 Å². The van der Waals surface area contributed by atoms with Gasteiger partial charge in [0.2, 0.25) is 0 Å². The summed E-state index contributed by atoms with van der Waals surface area (Å²) in [6.07, 6.45) is 1.63. The van der Waals surface area contributed by atoms with Crippen molar-refractivity contribution >= 4 is 23.2 Å². The lowest BCUT2D eigenvalue weighted by Crippen LogP contribution is -2.13. The number of carbonyl (C=O) groups excluding carboxylic acids is 1. The maximum atomic E-state index is 12.3. The molecule has 0 aliphatic heterocycles. The normalized spacial score (nSPS) is 10.3. The topological polar surface area (TPSA) is 42.0 Å². The lowest BCUT2D eigenvalue weighted by Gasteiger charge is -2.07. The fourth-order valence-electron chi connectivity index (χ4n) is 2.23. The van der Waals surface area contributed by atoms with E-state index in [0.29, 0.717) is 10.7 Å². The molecule has 1 heterocycles. The van der Waals surface area contributed by atoms with Crippen molar-refractivity contribution in [1.29, 1.82) is 0 Å². The van der Waals surface area contributed by atoms with Crippen LogP contribution in [0.2, 0.25) is 5.02 Å². The Morgan fingerprint density at radius 1 is 1.00 bits per heavy atom. The highest BCUT2D eigenvalue weighted by atomic mass is 35.5. The van der Waals surface area contributed by atoms with Gasteiger partial charge in [0.1, 0.15) is 5.69 Å². The first kappa shape index (κ1) is 15.3. The Morgan fingerprint density at radius 2 is 1.74 bits per heavy atom. The molecule has 0 aliphatic rings. The van der Waals surface area contributed by atoms with E-state index in [-0.39, 0.29) is 5.91 Å². The Hall–Kier alpha value is -2.65. The minimum absolute atomic E-state index is 0.238. The number of pyridine rings is 1. The van der Waals surface area contributed by atoms with Crippen LogP contribution in [0.25, 0.3) is 11.1 Å². The highest BCUT2D eigenvalue weighted by Gasteiger charge is 2.09. The van der Waals surface area contributed by atoms with Gasteiger partial charge >= 0.3 is 0 Å². The quantitative estimate of drug-likeness (QED) is 0.740. The van der Waals surface area contributed by atoms with Crippen LogP contribution < -0.4 is 5.32 Å². The second-order valence-corrected chi connectivity index (χ2v) is 5.70. The van der Waals surface area contributed by atoms with Crippen LogP contribution in [-0.2, 0) is 0 Å². The van der Waals surface area contributed by atoms with Gasteiger partial charge in [0, 0.05) is 16.9 Å². The van der Waals surface area contributed by atoms with Gasteiger partial charge in [0.05, 0.1) is 0 Å². The monoisotopic (exact) mass is 322 g/mol. The molecule has 0 unspecified atom stereocenters. The molecular formula is C19H15ClN2O. The summed E-state index contributed by atoms with van der Waals surface area (Å²) in [4.78, 5) is 16.5. The summed E-state index contributed by atoms with van der Waals surface area (Å²) in [5, 5.41) is 3.51. The highest BCUT2D eigenvalue weighted by Crippen LogP contribution is 2.23. The number of aromatic nitrogens is 1. The summed E-state index contributed by atoms with van der Waals surface area (Å²) >= 11 is 6.02. The van der Waals surface area contributed by atoms with E-state index in [4.69, 9.17) is 11.6 Å². The highest BCUT2D eigenvalue weighted by molar-refractivity contribution is 6.30. The third-order valence-electron chi connectivity index (χ3n) is 3.46. The van der Waals surface area contributed by atoms with Crippen LogP contribution in [0.5, 0.6) is 0 Å². The van der Waals surface area contributed by atoms with E-state index in [9.17, 15) is 4.79 Å². The van der Waals surface area contributed by atoms with Crippen molar-refractivity contribution in [1.82, 2.24) is 4.98 Å². The van der Waals surface area contributed by atoms with E-state index < -0.39 is 0 Å². The molecule has 0 radical (unpaired) electrons. The molecule has 0 fully saturated rings. The molecule has 3 nitrogen and oxygen atoms in total. The lowest BCUT2D eigenvalue weighted by molar-refractivity contribution is 0.102. The molecule has 1 amide bonds. The zero-order chi connectivity index (χ0) is 16.2. The molecule has 3 aromatic rings. The average molecular weight is 323 g/mol. The molecule has 0 aliphatic carbocycles. The number of nitrogens with one attached hydrogen (secondary N) is 1. The minimum atomic E-state index is -0.238. The third-order valence-corrected chi connectivity index (χ3v) is 3.70. The van der Waals surface area contributed by atoms with E-state index >= 15 is 0 Å². The number of benzene rings is 2. The molecule has 4 heteroatoms. The Morgan fingerprint density at radius 3 is 2.48 bits per heavy atom. The Bertz CT molecular complexity index is 844. The van der Waals surface area contributed by atoms with E-state index in [1.165, 1.54) is 0 Å². The van der Waals surface area contributed by atoms with Crippen molar-refractivity contribution in [3.63, 3.8) is 0 Å². The standard InChI is InChI=1S/C19H15ClN2O/c1-13-5-7-17(8-6-13)22-19(23)18-12-15(9-10-21-18)14-3-2-4-16(20)11-14/h2-12H,1H3,(H,22,23). The van der Waals surface area contributed by atoms with Gasteiger partial charge in [0.25, 0.3) is 5.91 Å². The second-order valence-electron chi connectivity index (χ2n) is 5.26. The predicted octanol–water partition coefficient (Wildman–Crippen LogP) is 4.96. The first-order valence-corrected chi connectivity index (χ1v) is 7.59. The Labute approximate surface area is 140 Å². The van der Waals surface area contributed by atoms with Crippen molar-refractivity contribution in [2.45, 2.75) is 6.92 Å². The average Bonchev–Trinajstić information content (AvgIpc) is 2.57. The van der Waals surface area contributed by atoms with Crippen LogP contribution >= 0.6 is 11.6 Å². The van der Waals surface area contributed by atoms with E-state index in [2.05, 4.69) is 10.3 Å². The van der Waals surface area contributed by atoms with E-state index in [1.807, 2.05) is 61.5 Å². The third kappa shape index (κ3) is 3.76. The molecule has 1 N–H and O–H groups in total. The van der Waals surface area contributed by atoms with Gasteiger partial charge < -0.3 is 5.32 Å². The number of anilines is 1. The second kappa shape index (κ2) is 6.63. The fourth-order valence-corrected chi connectivity index (χ4v) is 2.42. The number of nitrogens with zero attached hydrogens (tertiary/aromatic N) is 1. The van der Waals surface area contributed by atoms with Crippen molar-refractivity contribution in [3.8, 4) is 11.1 Å². The largest absolute Gasteiger partial charge is 0.321 e. The first-order chi connectivity index (χ1) is 11.1. The van der Waals surface area contributed by atoms with Crippen LogP contribution in [0.15, 0.2) is 66.9 Å². The molecule has 114 valence electrons. The summed E-state index contributed by atoms with van der Waals surface area (Å²) in [5.74, 6) is -0.238. The van der Waals surface area contributed by atoms with Gasteiger partial charge in [-0.15, -0.1) is 0 Å². The molecule has 2 aromatic carbocycles. The number of halogens is 1. The van der Waals surface area contributed by atoms with Crippen molar-refractivity contribution in [2.24, 2.45) is 0 Å². The zero-order valence-corrected chi connectivity index (χ0v) is 13.3. The summed E-state index contributed by atoms with van der Waals surface area (Å²) in [5.41, 5.74) is 4.10. The molecule has 0 atom stereocenters. The number of aryl methyl sites for hydroxylation is 1.